The van der Waals surface area contributed by atoms with Crippen LogP contribution in [0.25, 0.3) is 0 Å². The van der Waals surface area contributed by atoms with Gasteiger partial charge in [-0.05, 0) is 5.92 Å². The third-order valence-electron chi connectivity index (χ3n) is 4.59. The summed E-state index contributed by atoms with van der Waals surface area (Å²) in [5.41, 5.74) is 4.43. The monoisotopic (exact) mass is 332 g/mol. The normalized spacial score (nSPS) is 18.9. The van der Waals surface area contributed by atoms with Crippen molar-refractivity contribution in [1.29, 1.82) is 0 Å². The van der Waals surface area contributed by atoms with Crippen molar-refractivity contribution in [3.8, 4) is 0 Å². The highest BCUT2D eigenvalue weighted by molar-refractivity contribution is 5.99. The number of fused-ring (bicyclic) bond motifs is 1. The fourth-order valence-corrected chi connectivity index (χ4v) is 3.04. The Morgan fingerprint density at radius 3 is 2.71 bits per heavy atom. The average Bonchev–Trinajstić information content (AvgIpc) is 2.71. The maximum absolute atomic E-state index is 14.2. The summed E-state index contributed by atoms with van der Waals surface area (Å²) in [6.07, 6.45) is 3.05. The van der Waals surface area contributed by atoms with Gasteiger partial charge in [0.15, 0.2) is 0 Å². The Morgan fingerprint density at radius 2 is 2.08 bits per heavy atom. The lowest BCUT2D eigenvalue weighted by Crippen LogP contribution is -2.52. The fraction of sp³-hybridized carbons (Fsp3) is 0.375. The Morgan fingerprint density at radius 1 is 1.38 bits per heavy atom. The summed E-state index contributed by atoms with van der Waals surface area (Å²) in [4.78, 5) is 41.3. The van der Waals surface area contributed by atoms with E-state index in [1.165, 1.54) is 11.1 Å². The molecule has 0 saturated heterocycles. The molecule has 1 aromatic heterocycles. The van der Waals surface area contributed by atoms with Crippen LogP contribution in [0.4, 0.5) is 21.5 Å². The number of hydrogen-bond acceptors (Lipinski definition) is 6. The maximum Gasteiger partial charge on any atom is 0.253 e. The van der Waals surface area contributed by atoms with Gasteiger partial charge in [0.05, 0.1) is 18.1 Å². The Balaban J connectivity index is 2.17. The van der Waals surface area contributed by atoms with Crippen LogP contribution in [-0.2, 0) is 11.3 Å². The third kappa shape index (κ3) is 2.26. The Hall–Kier alpha value is -2.77. The predicted octanol–water partition coefficient (Wildman–Crippen LogP) is 0.772. The quantitative estimate of drug-likeness (QED) is 0.805. The molecule has 2 atom stereocenters. The van der Waals surface area contributed by atoms with Gasteiger partial charge in [0, 0.05) is 12.1 Å². The van der Waals surface area contributed by atoms with Crippen molar-refractivity contribution in [1.82, 2.24) is 4.98 Å². The molecule has 0 fully saturated rings. The molecule has 0 unspecified atom stereocenters. The number of nitrogens with two attached hydrogens (primary N) is 1. The second-order valence-corrected chi connectivity index (χ2v) is 6.02. The summed E-state index contributed by atoms with van der Waals surface area (Å²) >= 11 is 0. The van der Waals surface area contributed by atoms with E-state index < -0.39 is 22.7 Å². The number of pyridine rings is 1. The van der Waals surface area contributed by atoms with Crippen LogP contribution in [0.15, 0.2) is 22.0 Å². The number of amides is 1. The Bertz CT molecular complexity index is 888. The molecule has 3 N–H and O–H groups in total. The minimum absolute atomic E-state index is 0.00971. The first kappa shape index (κ1) is 16.1. The molecule has 1 amide bonds. The molecule has 126 valence electrons. The predicted molar refractivity (Wildman–Crippen MR) is 88.0 cm³/mol. The molecule has 1 aliphatic rings. The van der Waals surface area contributed by atoms with Crippen LogP contribution in [0.5, 0.6) is 0 Å². The van der Waals surface area contributed by atoms with Crippen LogP contribution < -0.4 is 26.8 Å². The summed E-state index contributed by atoms with van der Waals surface area (Å²) in [6, 6.07) is -0.743. The number of rotatable bonds is 3. The summed E-state index contributed by atoms with van der Waals surface area (Å²) < 4.78 is 14.2. The van der Waals surface area contributed by atoms with Crippen LogP contribution in [0.2, 0.25) is 0 Å². The second kappa shape index (κ2) is 5.70. The van der Waals surface area contributed by atoms with Crippen LogP contribution in [-0.4, -0.2) is 16.9 Å². The molecule has 0 bridgehead atoms. The summed E-state index contributed by atoms with van der Waals surface area (Å²) in [7, 11) is 0. The lowest BCUT2D eigenvalue weighted by molar-refractivity contribution is -0.118. The number of aromatic nitrogens is 1. The molecule has 1 aromatic carbocycles. The molecular formula is C16H17FN4O3. The zero-order valence-corrected chi connectivity index (χ0v) is 13.3. The van der Waals surface area contributed by atoms with Gasteiger partial charge in [-0.3, -0.25) is 19.4 Å². The molecule has 0 spiro atoms. The fourth-order valence-electron chi connectivity index (χ4n) is 3.04. The van der Waals surface area contributed by atoms with E-state index in [4.69, 9.17) is 5.73 Å². The summed E-state index contributed by atoms with van der Waals surface area (Å²) in [5, 5.41) is 2.66. The zero-order chi connectivity index (χ0) is 17.6. The molecular weight excluding hydrogens is 315 g/mol. The van der Waals surface area contributed by atoms with E-state index in [-0.39, 0.29) is 41.0 Å². The number of nitrogens with zero attached hydrogens (tertiary/aromatic N) is 2. The van der Waals surface area contributed by atoms with Gasteiger partial charge in [-0.1, -0.05) is 20.3 Å². The van der Waals surface area contributed by atoms with Crippen LogP contribution in [0.3, 0.4) is 0 Å². The Labute approximate surface area is 137 Å². The molecule has 8 heteroatoms. The first-order chi connectivity index (χ1) is 11.4. The third-order valence-corrected chi connectivity index (χ3v) is 4.59. The van der Waals surface area contributed by atoms with E-state index in [9.17, 15) is 18.8 Å². The molecule has 24 heavy (non-hydrogen) atoms. The van der Waals surface area contributed by atoms with Gasteiger partial charge in [-0.2, -0.15) is 0 Å². The highest BCUT2D eigenvalue weighted by atomic mass is 19.1. The lowest BCUT2D eigenvalue weighted by atomic mass is 9.95. The smallest absolute Gasteiger partial charge is 0.253 e. The first-order valence-corrected chi connectivity index (χ1v) is 7.65. The molecule has 2 heterocycles. The van der Waals surface area contributed by atoms with E-state index in [1.807, 2.05) is 13.8 Å². The number of hydrogen-bond donors (Lipinski definition) is 2. The lowest BCUT2D eigenvalue weighted by Gasteiger charge is -2.34. The van der Waals surface area contributed by atoms with E-state index in [0.29, 0.717) is 6.42 Å². The molecule has 0 saturated carbocycles. The van der Waals surface area contributed by atoms with E-state index in [0.717, 1.165) is 6.20 Å². The van der Waals surface area contributed by atoms with Crippen molar-refractivity contribution >= 4 is 23.0 Å². The SMILES string of the molecule is CC[C@H](C)[C@H]1C(=O)Nc2cncc(F)c2CN1c1c(N)c(=O)c1=O. The average molecular weight is 332 g/mol. The Kier molecular flexibility index (Phi) is 3.82. The minimum Gasteiger partial charge on any atom is -0.394 e. The zero-order valence-electron chi connectivity index (χ0n) is 13.3. The molecule has 3 rings (SSSR count). The maximum atomic E-state index is 14.2. The van der Waals surface area contributed by atoms with Gasteiger partial charge in [-0.15, -0.1) is 0 Å². The van der Waals surface area contributed by atoms with Crippen molar-refractivity contribution in [2.45, 2.75) is 32.9 Å². The van der Waals surface area contributed by atoms with Gasteiger partial charge in [0.2, 0.25) is 5.91 Å². The van der Waals surface area contributed by atoms with Crippen molar-refractivity contribution in [2.75, 3.05) is 16.0 Å². The first-order valence-electron chi connectivity index (χ1n) is 7.65. The van der Waals surface area contributed by atoms with Crippen LogP contribution >= 0.6 is 0 Å². The number of nitrogen functional groups attached to an aromatic ring is 1. The second-order valence-electron chi connectivity index (χ2n) is 6.02. The van der Waals surface area contributed by atoms with Gasteiger partial charge >= 0.3 is 0 Å². The van der Waals surface area contributed by atoms with E-state index in [1.54, 1.807) is 0 Å². The van der Waals surface area contributed by atoms with Crippen molar-refractivity contribution < 1.29 is 9.18 Å². The van der Waals surface area contributed by atoms with Gasteiger partial charge in [-0.25, -0.2) is 4.39 Å². The number of anilines is 3. The number of nitrogens with one attached hydrogen (secondary N) is 1. The van der Waals surface area contributed by atoms with Crippen molar-refractivity contribution in [2.24, 2.45) is 5.92 Å². The molecule has 0 radical (unpaired) electrons. The highest BCUT2D eigenvalue weighted by Crippen LogP contribution is 2.32. The van der Waals surface area contributed by atoms with Gasteiger partial charge < -0.3 is 16.0 Å². The van der Waals surface area contributed by atoms with Gasteiger partial charge in [0.1, 0.15) is 23.2 Å². The molecule has 2 aromatic rings. The number of halogens is 1. The van der Waals surface area contributed by atoms with E-state index in [2.05, 4.69) is 10.3 Å². The van der Waals surface area contributed by atoms with Crippen LogP contribution in [0, 0.1) is 11.7 Å². The standard InChI is InChI=1S/C16H17FN4O3/c1-3-7(2)12-16(24)20-10-5-19-4-9(17)8(10)6-21(12)13-11(18)14(22)15(13)23/h4-5,7,12H,3,6,18H2,1-2H3,(H,20,24)/t7-,12-/m0/s1. The topological polar surface area (TPSA) is 105 Å². The van der Waals surface area contributed by atoms with Crippen molar-refractivity contribution in [3.63, 3.8) is 0 Å². The minimum atomic E-state index is -0.770. The number of carbonyl (C=O) groups excluding carboxylic acids is 1. The van der Waals surface area contributed by atoms with Crippen LogP contribution in [0.1, 0.15) is 25.8 Å². The highest BCUT2D eigenvalue weighted by Gasteiger charge is 2.39. The molecule has 0 aliphatic carbocycles. The largest absolute Gasteiger partial charge is 0.394 e. The van der Waals surface area contributed by atoms with Crippen molar-refractivity contribution in [3.05, 3.63) is 44.2 Å². The number of carbonyl (C=O) groups is 1. The van der Waals surface area contributed by atoms with Gasteiger partial charge in [0.25, 0.3) is 10.9 Å². The molecule has 7 nitrogen and oxygen atoms in total. The van der Waals surface area contributed by atoms with E-state index >= 15 is 0 Å². The molecule has 1 aliphatic heterocycles. The summed E-state index contributed by atoms with van der Waals surface area (Å²) in [6.45, 7) is 3.71. The summed E-state index contributed by atoms with van der Waals surface area (Å²) in [5.74, 6) is -1.12.